The van der Waals surface area contributed by atoms with Crippen LogP contribution in [-0.2, 0) is 0 Å². The number of hydrogen-bond donors (Lipinski definition) is 1. The summed E-state index contributed by atoms with van der Waals surface area (Å²) in [5, 5.41) is 1.11. The number of ether oxygens (including phenoxy) is 1. The van der Waals surface area contributed by atoms with E-state index in [9.17, 15) is 0 Å². The number of aromatic nitrogens is 1. The molecule has 1 fully saturated rings. The van der Waals surface area contributed by atoms with E-state index in [2.05, 4.69) is 9.27 Å². The van der Waals surface area contributed by atoms with Gasteiger partial charge in [-0.25, -0.2) is 0 Å². The molecule has 2 rings (SSSR count). The first-order chi connectivity index (χ1) is 7.33. The molecule has 0 bridgehead atoms. The minimum absolute atomic E-state index is 0.530. The van der Waals surface area contributed by atoms with E-state index in [-0.39, 0.29) is 0 Å². The van der Waals surface area contributed by atoms with Crippen molar-refractivity contribution in [3.63, 3.8) is 0 Å². The third-order valence-electron chi connectivity index (χ3n) is 2.59. The van der Waals surface area contributed by atoms with Crippen molar-refractivity contribution < 1.29 is 4.74 Å². The average Bonchev–Trinajstić information content (AvgIpc) is 2.63. The molecule has 1 aliphatic heterocycles. The monoisotopic (exact) mass is 227 g/mol. The van der Waals surface area contributed by atoms with E-state index in [0.717, 1.165) is 23.8 Å². The Labute approximate surface area is 94.2 Å². The average molecular weight is 227 g/mol. The van der Waals surface area contributed by atoms with E-state index in [1.54, 1.807) is 0 Å². The van der Waals surface area contributed by atoms with Gasteiger partial charge in [0.1, 0.15) is 0 Å². The maximum atomic E-state index is 5.78. The molecule has 0 amide bonds. The zero-order chi connectivity index (χ0) is 10.7. The van der Waals surface area contributed by atoms with Gasteiger partial charge in [0.15, 0.2) is 16.6 Å². The van der Waals surface area contributed by atoms with Crippen molar-refractivity contribution in [3.05, 3.63) is 0 Å². The Morgan fingerprint density at radius 1 is 1.40 bits per heavy atom. The lowest BCUT2D eigenvalue weighted by atomic mass is 10.1. The molecule has 0 unspecified atom stereocenters. The summed E-state index contributed by atoms with van der Waals surface area (Å²) in [4.78, 5) is 2.34. The second-order valence-corrected chi connectivity index (χ2v) is 4.43. The standard InChI is InChI=1S/C10H17N3OS/c1-2-14-8-9(11)12-15-10(8)13-6-4-3-5-7-13/h2-7H2,1H3,(H2,11,12). The Hall–Kier alpha value is -0.970. The van der Waals surface area contributed by atoms with E-state index < -0.39 is 0 Å². The minimum Gasteiger partial charge on any atom is -0.487 e. The molecule has 1 saturated heterocycles. The molecule has 0 spiro atoms. The van der Waals surface area contributed by atoms with Gasteiger partial charge < -0.3 is 15.4 Å². The topological polar surface area (TPSA) is 51.4 Å². The molecule has 4 nitrogen and oxygen atoms in total. The Morgan fingerprint density at radius 3 is 2.80 bits per heavy atom. The van der Waals surface area contributed by atoms with Crippen molar-refractivity contribution in [3.8, 4) is 5.75 Å². The van der Waals surface area contributed by atoms with Crippen LogP contribution in [0.2, 0.25) is 0 Å². The van der Waals surface area contributed by atoms with E-state index in [0.29, 0.717) is 12.4 Å². The molecule has 5 heteroatoms. The van der Waals surface area contributed by atoms with Gasteiger partial charge in [-0.3, -0.25) is 0 Å². The molecule has 0 aliphatic carbocycles. The quantitative estimate of drug-likeness (QED) is 0.859. The number of hydrogen-bond acceptors (Lipinski definition) is 5. The molecule has 84 valence electrons. The third-order valence-corrected chi connectivity index (χ3v) is 3.49. The van der Waals surface area contributed by atoms with Gasteiger partial charge in [0.05, 0.1) is 6.61 Å². The lowest BCUT2D eigenvalue weighted by molar-refractivity contribution is 0.342. The Bertz CT molecular complexity index is 320. The van der Waals surface area contributed by atoms with E-state index in [4.69, 9.17) is 10.5 Å². The number of nitrogens with two attached hydrogens (primary N) is 1. The van der Waals surface area contributed by atoms with Crippen molar-refractivity contribution in [2.75, 3.05) is 30.3 Å². The predicted octanol–water partition coefficient (Wildman–Crippen LogP) is 2.11. The SMILES string of the molecule is CCOc1c(N)nsc1N1CCCCC1. The molecule has 1 aromatic rings. The van der Waals surface area contributed by atoms with Gasteiger partial charge in [-0.2, -0.15) is 4.37 Å². The first-order valence-corrected chi connectivity index (χ1v) is 6.23. The largest absolute Gasteiger partial charge is 0.487 e. The highest BCUT2D eigenvalue weighted by Gasteiger charge is 2.20. The highest BCUT2D eigenvalue weighted by molar-refractivity contribution is 7.11. The first-order valence-electron chi connectivity index (χ1n) is 5.45. The summed E-state index contributed by atoms with van der Waals surface area (Å²) < 4.78 is 9.71. The molecule has 0 atom stereocenters. The van der Waals surface area contributed by atoms with Crippen molar-refractivity contribution in [2.45, 2.75) is 26.2 Å². The van der Waals surface area contributed by atoms with Crippen LogP contribution >= 0.6 is 11.5 Å². The number of piperidine rings is 1. The first kappa shape index (κ1) is 10.5. The number of nitrogens with zero attached hydrogens (tertiary/aromatic N) is 2. The van der Waals surface area contributed by atoms with Crippen molar-refractivity contribution in [1.82, 2.24) is 4.37 Å². The predicted molar refractivity (Wildman–Crippen MR) is 63.8 cm³/mol. The molecule has 1 aromatic heterocycles. The van der Waals surface area contributed by atoms with Crippen LogP contribution in [0.4, 0.5) is 10.8 Å². The zero-order valence-corrected chi connectivity index (χ0v) is 9.85. The summed E-state index contributed by atoms with van der Waals surface area (Å²) in [6.07, 6.45) is 3.83. The number of rotatable bonds is 3. The number of anilines is 2. The van der Waals surface area contributed by atoms with E-state index in [1.807, 2.05) is 6.92 Å². The normalized spacial score (nSPS) is 16.7. The van der Waals surface area contributed by atoms with Crippen molar-refractivity contribution in [1.29, 1.82) is 0 Å². The summed E-state index contributed by atoms with van der Waals surface area (Å²) in [5.41, 5.74) is 5.78. The van der Waals surface area contributed by atoms with Crippen LogP contribution in [0.25, 0.3) is 0 Å². The van der Waals surface area contributed by atoms with Crippen LogP contribution in [-0.4, -0.2) is 24.1 Å². The molecule has 2 heterocycles. The fourth-order valence-electron chi connectivity index (χ4n) is 1.86. The Morgan fingerprint density at radius 2 is 2.13 bits per heavy atom. The molecule has 0 saturated carbocycles. The smallest absolute Gasteiger partial charge is 0.197 e. The molecule has 0 radical (unpaired) electrons. The zero-order valence-electron chi connectivity index (χ0n) is 9.03. The lowest BCUT2D eigenvalue weighted by Crippen LogP contribution is -2.28. The van der Waals surface area contributed by atoms with Gasteiger partial charge in [0.25, 0.3) is 0 Å². The Balaban J connectivity index is 2.18. The summed E-state index contributed by atoms with van der Waals surface area (Å²) in [6.45, 7) is 4.81. The second kappa shape index (κ2) is 4.70. The summed E-state index contributed by atoms with van der Waals surface area (Å²) in [7, 11) is 0. The fraction of sp³-hybridized carbons (Fsp3) is 0.700. The van der Waals surface area contributed by atoms with Crippen LogP contribution in [0.3, 0.4) is 0 Å². The molecular formula is C10H17N3OS. The second-order valence-electron chi connectivity index (χ2n) is 3.68. The third kappa shape index (κ3) is 2.17. The fourth-order valence-corrected chi connectivity index (χ4v) is 2.68. The maximum absolute atomic E-state index is 5.78. The Kier molecular flexibility index (Phi) is 3.30. The van der Waals surface area contributed by atoms with Crippen molar-refractivity contribution >= 4 is 22.4 Å². The highest BCUT2D eigenvalue weighted by atomic mass is 32.1. The van der Waals surface area contributed by atoms with E-state index in [1.165, 1.54) is 30.8 Å². The van der Waals surface area contributed by atoms with Crippen LogP contribution in [0, 0.1) is 0 Å². The van der Waals surface area contributed by atoms with Gasteiger partial charge in [-0.15, -0.1) is 0 Å². The molecule has 0 aromatic carbocycles. The lowest BCUT2D eigenvalue weighted by Gasteiger charge is -2.27. The van der Waals surface area contributed by atoms with Gasteiger partial charge in [0, 0.05) is 13.1 Å². The van der Waals surface area contributed by atoms with E-state index >= 15 is 0 Å². The summed E-state index contributed by atoms with van der Waals surface area (Å²) in [5.74, 6) is 1.31. The van der Waals surface area contributed by atoms with Crippen molar-refractivity contribution in [2.24, 2.45) is 0 Å². The maximum Gasteiger partial charge on any atom is 0.197 e. The highest BCUT2D eigenvalue weighted by Crippen LogP contribution is 2.39. The van der Waals surface area contributed by atoms with Gasteiger partial charge in [-0.05, 0) is 37.7 Å². The number of nitrogen functional groups attached to an aromatic ring is 1. The molecule has 2 N–H and O–H groups in total. The van der Waals surface area contributed by atoms with Gasteiger partial charge in [0.2, 0.25) is 0 Å². The molecular weight excluding hydrogens is 210 g/mol. The van der Waals surface area contributed by atoms with Crippen LogP contribution in [0.15, 0.2) is 0 Å². The van der Waals surface area contributed by atoms with Crippen LogP contribution in [0.5, 0.6) is 5.75 Å². The van der Waals surface area contributed by atoms with Gasteiger partial charge in [-0.1, -0.05) is 0 Å². The minimum atomic E-state index is 0.530. The molecule has 1 aliphatic rings. The van der Waals surface area contributed by atoms with Crippen LogP contribution < -0.4 is 15.4 Å². The van der Waals surface area contributed by atoms with Gasteiger partial charge >= 0.3 is 0 Å². The van der Waals surface area contributed by atoms with Crippen LogP contribution in [0.1, 0.15) is 26.2 Å². The summed E-state index contributed by atoms with van der Waals surface area (Å²) >= 11 is 1.45. The summed E-state index contributed by atoms with van der Waals surface area (Å²) in [6, 6.07) is 0. The molecule has 15 heavy (non-hydrogen) atoms.